The predicted octanol–water partition coefficient (Wildman–Crippen LogP) is 16.8. The second kappa shape index (κ2) is 28.4. The molecule has 4 aromatic rings. The lowest BCUT2D eigenvalue weighted by molar-refractivity contribution is 0.288. The Hall–Kier alpha value is -4.68. The highest BCUT2D eigenvalue weighted by molar-refractivity contribution is 5.42. The summed E-state index contributed by atoms with van der Waals surface area (Å²) in [4.78, 5) is 0. The van der Waals surface area contributed by atoms with Crippen molar-refractivity contribution in [3.8, 4) is 35.2 Å². The van der Waals surface area contributed by atoms with Gasteiger partial charge in [-0.15, -0.1) is 0 Å². The third-order valence-electron chi connectivity index (χ3n) is 13.2. The molecule has 0 radical (unpaired) electrons. The Balaban J connectivity index is 0.000000244. The molecule has 2 aliphatic carbocycles. The summed E-state index contributed by atoms with van der Waals surface area (Å²) in [6, 6.07) is 24.4. The lowest BCUT2D eigenvalue weighted by Gasteiger charge is -2.26. The molecule has 0 spiro atoms. The Morgan fingerprint density at radius 1 is 0.415 bits per heavy atom. The molecular formula is C59H74F4O2. The van der Waals surface area contributed by atoms with E-state index in [4.69, 9.17) is 9.47 Å². The Kier molecular flexibility index (Phi) is 22.4. The van der Waals surface area contributed by atoms with Gasteiger partial charge in [-0.1, -0.05) is 145 Å². The summed E-state index contributed by atoms with van der Waals surface area (Å²) in [5, 5.41) is 0. The highest BCUT2D eigenvalue weighted by atomic mass is 19.2. The molecule has 2 nitrogen and oxygen atoms in total. The zero-order chi connectivity index (χ0) is 46.2. The minimum absolute atomic E-state index is 0.0287. The van der Waals surface area contributed by atoms with Crippen molar-refractivity contribution in [3.05, 3.63) is 129 Å². The second-order valence-electron chi connectivity index (χ2n) is 18.3. The number of aryl methyl sites for hydroxylation is 2. The Labute approximate surface area is 389 Å². The molecule has 2 saturated carbocycles. The summed E-state index contributed by atoms with van der Waals surface area (Å²) in [6.45, 7) is 9.32. The minimum atomic E-state index is -0.935. The highest BCUT2D eigenvalue weighted by Gasteiger charge is 2.23. The first-order valence-corrected chi connectivity index (χ1v) is 25.2. The minimum Gasteiger partial charge on any atom is -0.490 e. The van der Waals surface area contributed by atoms with Gasteiger partial charge >= 0.3 is 0 Å². The van der Waals surface area contributed by atoms with Crippen molar-refractivity contribution in [2.75, 3.05) is 13.2 Å². The van der Waals surface area contributed by atoms with Crippen LogP contribution in [0.2, 0.25) is 0 Å². The van der Waals surface area contributed by atoms with Gasteiger partial charge in [0.25, 0.3) is 0 Å². The van der Waals surface area contributed by atoms with E-state index < -0.39 is 23.3 Å². The maximum atomic E-state index is 14.4. The lowest BCUT2D eigenvalue weighted by atomic mass is 9.78. The van der Waals surface area contributed by atoms with Crippen LogP contribution in [0.5, 0.6) is 11.5 Å². The van der Waals surface area contributed by atoms with Gasteiger partial charge in [0.1, 0.15) is 0 Å². The second-order valence-corrected chi connectivity index (χ2v) is 18.3. The summed E-state index contributed by atoms with van der Waals surface area (Å²) >= 11 is 0. The van der Waals surface area contributed by atoms with Crippen molar-refractivity contribution in [1.82, 2.24) is 0 Å². The summed E-state index contributed by atoms with van der Waals surface area (Å²) in [6.07, 6.45) is 23.2. The highest BCUT2D eigenvalue weighted by Crippen LogP contribution is 2.37. The van der Waals surface area contributed by atoms with Crippen LogP contribution in [0.1, 0.15) is 195 Å². The van der Waals surface area contributed by atoms with Crippen molar-refractivity contribution in [1.29, 1.82) is 0 Å². The molecule has 0 heterocycles. The molecule has 0 unspecified atom stereocenters. The van der Waals surface area contributed by atoms with Gasteiger partial charge in [0, 0.05) is 11.8 Å². The number of rotatable bonds is 19. The van der Waals surface area contributed by atoms with Crippen LogP contribution < -0.4 is 9.47 Å². The lowest BCUT2D eigenvalue weighted by Crippen LogP contribution is -2.12. The Bertz CT molecular complexity index is 2120. The standard InChI is InChI=1S/C30H38F2O.C29H36F2O/c1-3-5-7-8-9-23-10-15-25(16-11-23)26-17-12-24(13-18-26)14-19-27-20-21-28(30(32)29(27)31)33-22-6-4-2;1-3-5-7-8-22-9-14-24(15-10-22)25-16-11-23(12-17-25)13-18-26-19-20-27(29(31)28(26)30)32-21-6-4-2/h10-11,15-16,20-21,24,26H,3-9,12-13,17-18,22H2,1-2H3;9-10,14-15,19-20,23,25H,3-8,11-12,16-17,21H2,1-2H3. The molecular weight excluding hydrogens is 817 g/mol. The first-order chi connectivity index (χ1) is 31.7. The van der Waals surface area contributed by atoms with Gasteiger partial charge in [-0.05, 0) is 148 Å². The fourth-order valence-electron chi connectivity index (χ4n) is 8.88. The summed E-state index contributed by atoms with van der Waals surface area (Å²) < 4.78 is 67.9. The van der Waals surface area contributed by atoms with Crippen LogP contribution in [0.3, 0.4) is 0 Å². The van der Waals surface area contributed by atoms with E-state index in [1.165, 1.54) is 104 Å². The van der Waals surface area contributed by atoms with Crippen LogP contribution in [0.4, 0.5) is 17.6 Å². The van der Waals surface area contributed by atoms with E-state index in [-0.39, 0.29) is 34.5 Å². The average Bonchev–Trinajstić information content (AvgIpc) is 3.34. The fraction of sp³-hybridized carbons (Fsp3) is 0.525. The number of hydrogen-bond acceptors (Lipinski definition) is 2. The SMILES string of the molecule is CCCCCCc1ccc(C2CCC(C#Cc3ccc(OCCCC)c(F)c3F)CC2)cc1.CCCCCc1ccc(C2CCC(C#Cc3ccc(OCCCC)c(F)c3F)CC2)cc1. The molecule has 0 N–H and O–H groups in total. The number of hydrogen-bond donors (Lipinski definition) is 0. The first kappa shape index (κ1) is 51.3. The maximum Gasteiger partial charge on any atom is 0.201 e. The number of benzene rings is 4. The maximum absolute atomic E-state index is 14.4. The van der Waals surface area contributed by atoms with Crippen LogP contribution in [-0.2, 0) is 12.8 Å². The molecule has 350 valence electrons. The van der Waals surface area contributed by atoms with Gasteiger partial charge in [0.15, 0.2) is 23.1 Å². The molecule has 4 aromatic carbocycles. The summed E-state index contributed by atoms with van der Waals surface area (Å²) in [7, 11) is 0. The van der Waals surface area contributed by atoms with E-state index in [1.807, 2.05) is 13.8 Å². The molecule has 6 rings (SSSR count). The van der Waals surface area contributed by atoms with E-state index >= 15 is 0 Å². The number of ether oxygens (including phenoxy) is 2. The van der Waals surface area contributed by atoms with Crippen LogP contribution in [0.25, 0.3) is 0 Å². The molecule has 2 aliphatic rings. The molecule has 0 bridgehead atoms. The van der Waals surface area contributed by atoms with Gasteiger partial charge < -0.3 is 9.47 Å². The average molecular weight is 891 g/mol. The first-order valence-electron chi connectivity index (χ1n) is 25.2. The zero-order valence-electron chi connectivity index (χ0n) is 39.8. The van der Waals surface area contributed by atoms with Gasteiger partial charge in [0.2, 0.25) is 11.6 Å². The molecule has 2 fully saturated rings. The quantitative estimate of drug-likeness (QED) is 0.0530. The van der Waals surface area contributed by atoms with E-state index in [2.05, 4.69) is 86.1 Å². The van der Waals surface area contributed by atoms with Crippen molar-refractivity contribution in [3.63, 3.8) is 0 Å². The summed E-state index contributed by atoms with van der Waals surface area (Å²) in [5.74, 6) is 10.0. The molecule has 0 atom stereocenters. The molecule has 0 aliphatic heterocycles. The molecule has 0 aromatic heterocycles. The van der Waals surface area contributed by atoms with Crippen LogP contribution >= 0.6 is 0 Å². The van der Waals surface area contributed by atoms with E-state index in [9.17, 15) is 17.6 Å². The third kappa shape index (κ3) is 16.6. The van der Waals surface area contributed by atoms with Gasteiger partial charge in [0.05, 0.1) is 24.3 Å². The van der Waals surface area contributed by atoms with Gasteiger partial charge in [-0.3, -0.25) is 0 Å². The number of halogens is 4. The molecule has 0 saturated heterocycles. The zero-order valence-corrected chi connectivity index (χ0v) is 39.8. The van der Waals surface area contributed by atoms with Crippen LogP contribution in [-0.4, -0.2) is 13.2 Å². The normalized spacial score (nSPS) is 18.0. The van der Waals surface area contributed by atoms with Crippen LogP contribution in [0, 0.1) is 58.8 Å². The monoisotopic (exact) mass is 891 g/mol. The smallest absolute Gasteiger partial charge is 0.201 e. The van der Waals surface area contributed by atoms with E-state index in [0.29, 0.717) is 25.0 Å². The largest absolute Gasteiger partial charge is 0.490 e. The van der Waals surface area contributed by atoms with Crippen molar-refractivity contribution < 1.29 is 27.0 Å². The molecule has 6 heteroatoms. The van der Waals surface area contributed by atoms with Crippen LogP contribution in [0.15, 0.2) is 72.8 Å². The Morgan fingerprint density at radius 3 is 1.17 bits per heavy atom. The Morgan fingerprint density at radius 2 is 0.785 bits per heavy atom. The molecule has 65 heavy (non-hydrogen) atoms. The fourth-order valence-corrected chi connectivity index (χ4v) is 8.88. The topological polar surface area (TPSA) is 18.5 Å². The van der Waals surface area contributed by atoms with Crippen molar-refractivity contribution in [2.24, 2.45) is 11.8 Å². The van der Waals surface area contributed by atoms with E-state index in [1.54, 1.807) is 0 Å². The van der Waals surface area contributed by atoms with E-state index in [0.717, 1.165) is 77.0 Å². The van der Waals surface area contributed by atoms with Crippen molar-refractivity contribution >= 4 is 0 Å². The number of unbranched alkanes of at least 4 members (excludes halogenated alkanes) is 7. The van der Waals surface area contributed by atoms with Crippen molar-refractivity contribution in [2.45, 2.75) is 174 Å². The third-order valence-corrected chi connectivity index (χ3v) is 13.2. The molecule has 0 amide bonds. The summed E-state index contributed by atoms with van der Waals surface area (Å²) in [5.41, 5.74) is 5.94. The van der Waals surface area contributed by atoms with Gasteiger partial charge in [-0.25, -0.2) is 8.78 Å². The predicted molar refractivity (Wildman–Crippen MR) is 261 cm³/mol. The van der Waals surface area contributed by atoms with Gasteiger partial charge in [-0.2, -0.15) is 8.78 Å².